The third kappa shape index (κ3) is 5.45. The summed E-state index contributed by atoms with van der Waals surface area (Å²) in [5.74, 6) is 0.279. The highest BCUT2D eigenvalue weighted by Crippen LogP contribution is 2.31. The molecule has 24 heavy (non-hydrogen) atoms. The molecular formula is C18H20BrN3O2. The molecule has 0 saturated heterocycles. The second kappa shape index (κ2) is 8.06. The number of hydrogen-bond acceptors (Lipinski definition) is 4. The Morgan fingerprint density at radius 2 is 2.12 bits per heavy atom. The fraction of sp³-hybridized carbons (Fsp3) is 0.278. The Bertz CT molecular complexity index is 725. The van der Waals surface area contributed by atoms with Gasteiger partial charge in [-0.2, -0.15) is 5.10 Å². The molecular weight excluding hydrogens is 370 g/mol. The van der Waals surface area contributed by atoms with Crippen LogP contribution in [0.1, 0.15) is 32.0 Å². The third-order valence-electron chi connectivity index (χ3n) is 3.23. The van der Waals surface area contributed by atoms with Crippen LogP contribution < -0.4 is 10.2 Å². The fourth-order valence-corrected chi connectivity index (χ4v) is 2.38. The summed E-state index contributed by atoms with van der Waals surface area (Å²) in [7, 11) is 0. The van der Waals surface area contributed by atoms with E-state index >= 15 is 0 Å². The first-order valence-corrected chi connectivity index (χ1v) is 8.31. The summed E-state index contributed by atoms with van der Waals surface area (Å²) >= 11 is 3.48. The minimum absolute atomic E-state index is 0.0542. The average molecular weight is 390 g/mol. The Labute approximate surface area is 150 Å². The zero-order valence-electron chi connectivity index (χ0n) is 13.9. The number of nitrogens with one attached hydrogen (secondary N) is 1. The number of ether oxygens (including phenoxy) is 1. The molecule has 0 fully saturated rings. The molecule has 1 N–H and O–H groups in total. The van der Waals surface area contributed by atoms with Crippen LogP contribution in [0, 0.1) is 0 Å². The van der Waals surface area contributed by atoms with Gasteiger partial charge in [0.2, 0.25) is 0 Å². The standard InChI is InChI=1S/C18H20BrN3O2/c1-18(2,3)13-7-8-16(15(19)10-13)24-12-17(23)22-21-11-14-6-4-5-9-20-14/h4-11H,12H2,1-3H3,(H,22,23)/b21-11+. The van der Waals surface area contributed by atoms with Gasteiger partial charge in [0.25, 0.3) is 5.91 Å². The summed E-state index contributed by atoms with van der Waals surface area (Å²) in [4.78, 5) is 15.8. The number of benzene rings is 1. The lowest BCUT2D eigenvalue weighted by atomic mass is 9.87. The molecule has 0 bridgehead atoms. The third-order valence-corrected chi connectivity index (χ3v) is 3.85. The van der Waals surface area contributed by atoms with Crippen LogP contribution in [0.3, 0.4) is 0 Å². The van der Waals surface area contributed by atoms with E-state index in [1.807, 2.05) is 30.3 Å². The lowest BCUT2D eigenvalue weighted by Crippen LogP contribution is -2.24. The monoisotopic (exact) mass is 389 g/mol. The smallest absolute Gasteiger partial charge is 0.277 e. The van der Waals surface area contributed by atoms with Gasteiger partial charge in [-0.15, -0.1) is 0 Å². The highest BCUT2D eigenvalue weighted by Gasteiger charge is 2.15. The van der Waals surface area contributed by atoms with Crippen LogP contribution >= 0.6 is 15.9 Å². The Morgan fingerprint density at radius 3 is 2.75 bits per heavy atom. The minimum atomic E-state index is -0.339. The SMILES string of the molecule is CC(C)(C)c1ccc(OCC(=O)N/N=C/c2ccccn2)c(Br)c1. The zero-order valence-corrected chi connectivity index (χ0v) is 15.5. The second-order valence-corrected chi connectivity index (χ2v) is 7.09. The number of rotatable bonds is 5. The summed E-state index contributed by atoms with van der Waals surface area (Å²) in [6.07, 6.45) is 3.14. The van der Waals surface area contributed by atoms with Gasteiger partial charge in [-0.05, 0) is 51.2 Å². The predicted molar refractivity (Wildman–Crippen MR) is 98.3 cm³/mol. The second-order valence-electron chi connectivity index (χ2n) is 6.23. The van der Waals surface area contributed by atoms with Gasteiger partial charge in [-0.1, -0.05) is 32.9 Å². The molecule has 0 saturated carbocycles. The van der Waals surface area contributed by atoms with E-state index in [4.69, 9.17) is 4.74 Å². The first kappa shape index (κ1) is 18.1. The van der Waals surface area contributed by atoms with E-state index in [-0.39, 0.29) is 17.9 Å². The van der Waals surface area contributed by atoms with E-state index in [1.54, 1.807) is 12.3 Å². The van der Waals surface area contributed by atoms with Crippen LogP contribution in [0.5, 0.6) is 5.75 Å². The van der Waals surface area contributed by atoms with Crippen molar-refractivity contribution in [3.05, 3.63) is 58.3 Å². The molecule has 2 rings (SSSR count). The van der Waals surface area contributed by atoms with Crippen molar-refractivity contribution < 1.29 is 9.53 Å². The minimum Gasteiger partial charge on any atom is -0.483 e. The van der Waals surface area contributed by atoms with Gasteiger partial charge in [-0.25, -0.2) is 5.43 Å². The van der Waals surface area contributed by atoms with Gasteiger partial charge >= 0.3 is 0 Å². The van der Waals surface area contributed by atoms with Crippen LogP contribution in [0.15, 0.2) is 52.2 Å². The van der Waals surface area contributed by atoms with Crippen LogP contribution in [-0.4, -0.2) is 23.7 Å². The molecule has 0 aliphatic rings. The molecule has 1 amide bonds. The van der Waals surface area contributed by atoms with E-state index < -0.39 is 0 Å². The maximum Gasteiger partial charge on any atom is 0.277 e. The number of hydrazone groups is 1. The van der Waals surface area contributed by atoms with E-state index in [1.165, 1.54) is 11.8 Å². The lowest BCUT2D eigenvalue weighted by Gasteiger charge is -2.20. The maximum atomic E-state index is 11.8. The Kier molecular flexibility index (Phi) is 6.09. The molecule has 0 spiro atoms. The van der Waals surface area contributed by atoms with Crippen molar-refractivity contribution >= 4 is 28.1 Å². The van der Waals surface area contributed by atoms with Crippen molar-refractivity contribution in [2.45, 2.75) is 26.2 Å². The van der Waals surface area contributed by atoms with Crippen molar-refractivity contribution in [1.82, 2.24) is 10.4 Å². The van der Waals surface area contributed by atoms with Gasteiger partial charge in [-0.3, -0.25) is 9.78 Å². The Hall–Kier alpha value is -2.21. The van der Waals surface area contributed by atoms with Crippen LogP contribution in [0.4, 0.5) is 0 Å². The van der Waals surface area contributed by atoms with Gasteiger partial charge in [0.1, 0.15) is 5.75 Å². The molecule has 0 aliphatic carbocycles. The van der Waals surface area contributed by atoms with E-state index in [0.717, 1.165) is 4.47 Å². The number of aromatic nitrogens is 1. The number of nitrogens with zero attached hydrogens (tertiary/aromatic N) is 2. The predicted octanol–water partition coefficient (Wildman–Crippen LogP) is 3.67. The number of halogens is 1. The normalized spacial score (nSPS) is 11.5. The summed E-state index contributed by atoms with van der Waals surface area (Å²) in [6, 6.07) is 11.3. The summed E-state index contributed by atoms with van der Waals surface area (Å²) < 4.78 is 6.34. The van der Waals surface area contributed by atoms with Crippen LogP contribution in [0.2, 0.25) is 0 Å². The number of carbonyl (C=O) groups excluding carboxylic acids is 1. The quantitative estimate of drug-likeness (QED) is 0.626. The van der Waals surface area contributed by atoms with E-state index in [9.17, 15) is 4.79 Å². The van der Waals surface area contributed by atoms with Gasteiger partial charge in [0, 0.05) is 6.20 Å². The molecule has 0 atom stereocenters. The van der Waals surface area contributed by atoms with Gasteiger partial charge in [0.15, 0.2) is 6.61 Å². The molecule has 0 aliphatic heterocycles. The lowest BCUT2D eigenvalue weighted by molar-refractivity contribution is -0.123. The van der Waals surface area contributed by atoms with E-state index in [2.05, 4.69) is 52.2 Å². The number of pyridine rings is 1. The average Bonchev–Trinajstić information content (AvgIpc) is 2.54. The molecule has 1 aromatic carbocycles. The van der Waals surface area contributed by atoms with Crippen molar-refractivity contribution in [2.24, 2.45) is 5.10 Å². The topological polar surface area (TPSA) is 63.6 Å². The molecule has 1 aromatic heterocycles. The zero-order chi connectivity index (χ0) is 17.6. The van der Waals surface area contributed by atoms with Gasteiger partial charge < -0.3 is 4.74 Å². The highest BCUT2D eigenvalue weighted by molar-refractivity contribution is 9.10. The van der Waals surface area contributed by atoms with Gasteiger partial charge in [0.05, 0.1) is 16.4 Å². The van der Waals surface area contributed by atoms with Crippen LogP contribution in [0.25, 0.3) is 0 Å². The number of carbonyl (C=O) groups is 1. The number of amides is 1. The highest BCUT2D eigenvalue weighted by atomic mass is 79.9. The van der Waals surface area contributed by atoms with Crippen molar-refractivity contribution in [3.8, 4) is 5.75 Å². The van der Waals surface area contributed by atoms with Crippen molar-refractivity contribution in [3.63, 3.8) is 0 Å². The Balaban J connectivity index is 1.87. The molecule has 126 valence electrons. The first-order valence-electron chi connectivity index (χ1n) is 7.52. The largest absolute Gasteiger partial charge is 0.483 e. The summed E-state index contributed by atoms with van der Waals surface area (Å²) in [5.41, 5.74) is 4.31. The molecule has 2 aromatic rings. The Morgan fingerprint density at radius 1 is 1.33 bits per heavy atom. The number of hydrogen-bond donors (Lipinski definition) is 1. The first-order chi connectivity index (χ1) is 11.4. The summed E-state index contributed by atoms with van der Waals surface area (Å²) in [6.45, 7) is 6.31. The maximum absolute atomic E-state index is 11.8. The molecule has 5 nitrogen and oxygen atoms in total. The van der Waals surface area contributed by atoms with E-state index in [0.29, 0.717) is 11.4 Å². The van der Waals surface area contributed by atoms with Crippen molar-refractivity contribution in [1.29, 1.82) is 0 Å². The molecule has 0 radical (unpaired) electrons. The van der Waals surface area contributed by atoms with Crippen molar-refractivity contribution in [2.75, 3.05) is 6.61 Å². The van der Waals surface area contributed by atoms with Crippen LogP contribution in [-0.2, 0) is 10.2 Å². The fourth-order valence-electron chi connectivity index (χ4n) is 1.88. The molecule has 6 heteroatoms. The summed E-state index contributed by atoms with van der Waals surface area (Å²) in [5, 5.41) is 3.84. The molecule has 1 heterocycles. The molecule has 0 unspecified atom stereocenters.